The smallest absolute Gasteiger partial charge is 0.237 e. The summed E-state index contributed by atoms with van der Waals surface area (Å²) in [5.74, 6) is 2.21. The molecule has 2 aromatic carbocycles. The van der Waals surface area contributed by atoms with Gasteiger partial charge >= 0.3 is 0 Å². The van der Waals surface area contributed by atoms with Crippen LogP contribution >= 0.6 is 11.8 Å². The number of anilines is 1. The number of carbonyl (C=O) groups is 1. The second-order valence-corrected chi connectivity index (χ2v) is 7.09. The van der Waals surface area contributed by atoms with Gasteiger partial charge in [0.05, 0.1) is 5.25 Å². The largest absolute Gasteiger partial charge is 0.457 e. The van der Waals surface area contributed by atoms with Crippen molar-refractivity contribution in [3.8, 4) is 11.5 Å². The van der Waals surface area contributed by atoms with Crippen molar-refractivity contribution in [2.24, 2.45) is 7.05 Å². The first-order chi connectivity index (χ1) is 12.5. The van der Waals surface area contributed by atoms with Crippen LogP contribution in [0.3, 0.4) is 0 Å². The third kappa shape index (κ3) is 4.43. The number of aryl methyl sites for hydroxylation is 1. The molecule has 0 saturated carbocycles. The molecule has 134 valence electrons. The van der Waals surface area contributed by atoms with Gasteiger partial charge in [0.15, 0.2) is 5.16 Å². The first kappa shape index (κ1) is 18.0. The predicted molar refractivity (Wildman–Crippen MR) is 103 cm³/mol. The molecule has 1 N–H and O–H groups in total. The van der Waals surface area contributed by atoms with E-state index in [4.69, 9.17) is 4.74 Å². The van der Waals surface area contributed by atoms with Crippen LogP contribution in [0, 0.1) is 6.92 Å². The van der Waals surface area contributed by atoms with Gasteiger partial charge in [-0.25, -0.2) is 0 Å². The van der Waals surface area contributed by atoms with Crippen LogP contribution in [-0.2, 0) is 11.8 Å². The van der Waals surface area contributed by atoms with Gasteiger partial charge in [0, 0.05) is 12.7 Å². The van der Waals surface area contributed by atoms with Gasteiger partial charge in [-0.2, -0.15) is 0 Å². The van der Waals surface area contributed by atoms with Gasteiger partial charge in [-0.15, -0.1) is 10.2 Å². The van der Waals surface area contributed by atoms with Crippen LogP contribution in [0.2, 0.25) is 0 Å². The molecule has 3 rings (SSSR count). The monoisotopic (exact) mass is 368 g/mol. The third-order valence-corrected chi connectivity index (χ3v) is 4.94. The van der Waals surface area contributed by atoms with E-state index < -0.39 is 0 Å². The lowest BCUT2D eigenvalue weighted by atomic mass is 10.3. The lowest BCUT2D eigenvalue weighted by Gasteiger charge is -2.12. The number of rotatable bonds is 6. The zero-order valence-corrected chi connectivity index (χ0v) is 15.7. The Labute approximate surface area is 156 Å². The molecule has 1 atom stereocenters. The van der Waals surface area contributed by atoms with E-state index in [1.807, 2.05) is 80.1 Å². The van der Waals surface area contributed by atoms with Crippen LogP contribution < -0.4 is 10.1 Å². The molecule has 0 aliphatic rings. The topological polar surface area (TPSA) is 69.0 Å². The van der Waals surface area contributed by atoms with Crippen LogP contribution in [0.25, 0.3) is 0 Å². The summed E-state index contributed by atoms with van der Waals surface area (Å²) in [4.78, 5) is 12.4. The summed E-state index contributed by atoms with van der Waals surface area (Å²) in [6.07, 6.45) is 0. The van der Waals surface area contributed by atoms with Gasteiger partial charge < -0.3 is 14.6 Å². The Morgan fingerprint density at radius 3 is 2.35 bits per heavy atom. The Balaban J connectivity index is 1.57. The fourth-order valence-electron chi connectivity index (χ4n) is 2.18. The zero-order chi connectivity index (χ0) is 18.5. The number of ether oxygens (including phenoxy) is 1. The van der Waals surface area contributed by atoms with Crippen LogP contribution in [-0.4, -0.2) is 25.9 Å². The first-order valence-electron chi connectivity index (χ1n) is 8.19. The Morgan fingerprint density at radius 2 is 1.73 bits per heavy atom. The standard InChI is InChI=1S/C19H20N4O2S/c1-13(26-19-22-21-14(2)23(19)3)18(24)20-15-9-11-17(12-10-15)25-16-7-5-4-6-8-16/h4-13H,1-3H3,(H,20,24)/t13-/m1/s1. The minimum absolute atomic E-state index is 0.0904. The van der Waals surface area contributed by atoms with Crippen molar-refractivity contribution >= 4 is 23.4 Å². The van der Waals surface area contributed by atoms with Crippen molar-refractivity contribution in [3.63, 3.8) is 0 Å². The Hall–Kier alpha value is -2.80. The molecule has 0 unspecified atom stereocenters. The van der Waals surface area contributed by atoms with Crippen molar-refractivity contribution in [1.82, 2.24) is 14.8 Å². The zero-order valence-electron chi connectivity index (χ0n) is 14.8. The fraction of sp³-hybridized carbons (Fsp3) is 0.211. The molecule has 1 aromatic heterocycles. The van der Waals surface area contributed by atoms with Gasteiger partial charge in [-0.05, 0) is 50.2 Å². The molecular formula is C19H20N4O2S. The summed E-state index contributed by atoms with van der Waals surface area (Å²) in [7, 11) is 1.88. The van der Waals surface area contributed by atoms with Crippen molar-refractivity contribution in [1.29, 1.82) is 0 Å². The van der Waals surface area contributed by atoms with Crippen molar-refractivity contribution in [2.75, 3.05) is 5.32 Å². The lowest BCUT2D eigenvalue weighted by Crippen LogP contribution is -2.22. The van der Waals surface area contributed by atoms with E-state index in [1.165, 1.54) is 11.8 Å². The predicted octanol–water partition coefficient (Wildman–Crippen LogP) is 4.04. The van der Waals surface area contributed by atoms with E-state index >= 15 is 0 Å². The maximum atomic E-state index is 12.4. The van der Waals surface area contributed by atoms with E-state index in [1.54, 1.807) is 0 Å². The molecular weight excluding hydrogens is 348 g/mol. The molecule has 6 nitrogen and oxygen atoms in total. The second-order valence-electron chi connectivity index (χ2n) is 5.78. The van der Waals surface area contributed by atoms with Crippen LogP contribution in [0.4, 0.5) is 5.69 Å². The number of nitrogens with zero attached hydrogens (tertiary/aromatic N) is 3. The number of aromatic nitrogens is 3. The molecule has 0 spiro atoms. The van der Waals surface area contributed by atoms with E-state index in [-0.39, 0.29) is 11.2 Å². The maximum Gasteiger partial charge on any atom is 0.237 e. The normalized spacial score (nSPS) is 11.8. The Kier molecular flexibility index (Phi) is 5.58. The quantitative estimate of drug-likeness (QED) is 0.665. The number of para-hydroxylation sites is 1. The number of amides is 1. The number of carbonyl (C=O) groups excluding carboxylic acids is 1. The van der Waals surface area contributed by atoms with E-state index in [0.717, 1.165) is 22.4 Å². The van der Waals surface area contributed by atoms with E-state index in [0.29, 0.717) is 5.75 Å². The molecule has 1 amide bonds. The summed E-state index contributed by atoms with van der Waals surface area (Å²) in [6, 6.07) is 16.8. The number of nitrogens with one attached hydrogen (secondary N) is 1. The van der Waals surface area contributed by atoms with Crippen LogP contribution in [0.15, 0.2) is 59.8 Å². The molecule has 0 aliphatic heterocycles. The molecule has 26 heavy (non-hydrogen) atoms. The number of hydrogen-bond acceptors (Lipinski definition) is 5. The average molecular weight is 368 g/mol. The minimum atomic E-state index is -0.294. The van der Waals surface area contributed by atoms with Gasteiger partial charge in [0.2, 0.25) is 5.91 Å². The molecule has 1 heterocycles. The second kappa shape index (κ2) is 8.05. The highest BCUT2D eigenvalue weighted by Gasteiger charge is 2.18. The summed E-state index contributed by atoms with van der Waals surface area (Å²) in [6.45, 7) is 3.72. The molecule has 0 radical (unpaired) electrons. The fourth-order valence-corrected chi connectivity index (χ4v) is 3.04. The van der Waals surface area contributed by atoms with Gasteiger partial charge in [0.1, 0.15) is 17.3 Å². The highest BCUT2D eigenvalue weighted by molar-refractivity contribution is 8.00. The number of thioether (sulfide) groups is 1. The minimum Gasteiger partial charge on any atom is -0.457 e. The van der Waals surface area contributed by atoms with Gasteiger partial charge in [0.25, 0.3) is 0 Å². The molecule has 0 fully saturated rings. The van der Waals surface area contributed by atoms with E-state index in [9.17, 15) is 4.79 Å². The van der Waals surface area contributed by atoms with Gasteiger partial charge in [-0.3, -0.25) is 4.79 Å². The summed E-state index contributed by atoms with van der Waals surface area (Å²) in [5.41, 5.74) is 0.719. The molecule has 7 heteroatoms. The number of benzene rings is 2. The lowest BCUT2D eigenvalue weighted by molar-refractivity contribution is -0.115. The van der Waals surface area contributed by atoms with E-state index in [2.05, 4.69) is 15.5 Å². The third-order valence-electron chi connectivity index (χ3n) is 3.80. The summed E-state index contributed by atoms with van der Waals surface area (Å²) < 4.78 is 7.61. The maximum absolute atomic E-state index is 12.4. The van der Waals surface area contributed by atoms with Crippen molar-refractivity contribution < 1.29 is 9.53 Å². The summed E-state index contributed by atoms with van der Waals surface area (Å²) in [5, 5.41) is 11.4. The Morgan fingerprint density at radius 1 is 1.08 bits per heavy atom. The average Bonchev–Trinajstić information content (AvgIpc) is 2.96. The Bertz CT molecular complexity index is 878. The molecule has 3 aromatic rings. The van der Waals surface area contributed by atoms with Crippen molar-refractivity contribution in [3.05, 3.63) is 60.4 Å². The van der Waals surface area contributed by atoms with Gasteiger partial charge in [-0.1, -0.05) is 30.0 Å². The highest BCUT2D eigenvalue weighted by Crippen LogP contribution is 2.25. The van der Waals surface area contributed by atoms with Crippen molar-refractivity contribution in [2.45, 2.75) is 24.3 Å². The highest BCUT2D eigenvalue weighted by atomic mass is 32.2. The first-order valence-corrected chi connectivity index (χ1v) is 9.07. The van der Waals surface area contributed by atoms with Crippen LogP contribution in [0.5, 0.6) is 11.5 Å². The summed E-state index contributed by atoms with van der Waals surface area (Å²) >= 11 is 1.38. The SMILES string of the molecule is Cc1nnc(S[C@H](C)C(=O)Nc2ccc(Oc3ccccc3)cc2)n1C. The van der Waals surface area contributed by atoms with Crippen LogP contribution in [0.1, 0.15) is 12.7 Å². The molecule has 0 saturated heterocycles. The molecule has 0 aliphatic carbocycles. The molecule has 0 bridgehead atoms. The number of hydrogen-bond donors (Lipinski definition) is 1.